The SMILES string of the molecule is O=C(NCc1ccco1)[C@H](c1cccs1)N(C(=O)Cn1nnc2ccccc21)c1cccc(F)c1. The summed E-state index contributed by atoms with van der Waals surface area (Å²) in [6.07, 6.45) is 1.52. The molecule has 0 saturated carbocycles. The van der Waals surface area contributed by atoms with Crippen LogP contribution < -0.4 is 10.2 Å². The van der Waals surface area contributed by atoms with E-state index in [4.69, 9.17) is 4.42 Å². The number of amides is 2. The summed E-state index contributed by atoms with van der Waals surface area (Å²) in [5.41, 5.74) is 1.57. The van der Waals surface area contributed by atoms with Crippen molar-refractivity contribution in [1.29, 1.82) is 0 Å². The van der Waals surface area contributed by atoms with Gasteiger partial charge < -0.3 is 9.73 Å². The number of halogens is 1. The van der Waals surface area contributed by atoms with Crippen molar-refractivity contribution in [2.24, 2.45) is 0 Å². The van der Waals surface area contributed by atoms with Crippen LogP contribution >= 0.6 is 11.3 Å². The number of nitrogens with zero attached hydrogens (tertiary/aromatic N) is 4. The Morgan fingerprint density at radius 2 is 1.97 bits per heavy atom. The number of fused-ring (bicyclic) bond motifs is 1. The zero-order chi connectivity index (χ0) is 24.2. The summed E-state index contributed by atoms with van der Waals surface area (Å²) in [5.74, 6) is -0.823. The van der Waals surface area contributed by atoms with E-state index in [2.05, 4.69) is 15.6 Å². The van der Waals surface area contributed by atoms with Gasteiger partial charge in [0, 0.05) is 10.6 Å². The highest BCUT2D eigenvalue weighted by Gasteiger charge is 2.34. The fourth-order valence-corrected chi connectivity index (χ4v) is 4.62. The Kier molecular flexibility index (Phi) is 6.36. The molecule has 0 bridgehead atoms. The highest BCUT2D eigenvalue weighted by atomic mass is 32.1. The van der Waals surface area contributed by atoms with Crippen LogP contribution in [0.2, 0.25) is 0 Å². The molecule has 0 spiro atoms. The third-order valence-corrected chi connectivity index (χ3v) is 6.32. The molecule has 0 saturated heterocycles. The van der Waals surface area contributed by atoms with E-state index in [1.54, 1.807) is 36.4 Å². The Hall–Kier alpha value is -4.31. The maximum Gasteiger partial charge on any atom is 0.249 e. The number of hydrogen-bond donors (Lipinski definition) is 1. The summed E-state index contributed by atoms with van der Waals surface area (Å²) in [7, 11) is 0. The van der Waals surface area contributed by atoms with Gasteiger partial charge >= 0.3 is 0 Å². The Balaban J connectivity index is 1.52. The predicted molar refractivity (Wildman–Crippen MR) is 129 cm³/mol. The zero-order valence-corrected chi connectivity index (χ0v) is 19.2. The van der Waals surface area contributed by atoms with Crippen LogP contribution in [-0.2, 0) is 22.7 Å². The second-order valence-electron chi connectivity index (χ2n) is 7.69. The van der Waals surface area contributed by atoms with Gasteiger partial charge in [-0.05, 0) is 53.9 Å². The summed E-state index contributed by atoms with van der Waals surface area (Å²) in [5, 5.41) is 12.9. The molecule has 0 radical (unpaired) electrons. The lowest BCUT2D eigenvalue weighted by Gasteiger charge is -2.30. The number of anilines is 1. The highest BCUT2D eigenvalue weighted by Crippen LogP contribution is 2.31. The molecule has 3 heterocycles. The normalized spacial score (nSPS) is 11.9. The van der Waals surface area contributed by atoms with Crippen LogP contribution in [-0.4, -0.2) is 26.8 Å². The molecule has 5 rings (SSSR count). The van der Waals surface area contributed by atoms with Gasteiger partial charge in [-0.15, -0.1) is 16.4 Å². The van der Waals surface area contributed by atoms with Crippen LogP contribution in [0.15, 0.2) is 88.9 Å². The molecule has 35 heavy (non-hydrogen) atoms. The first-order valence-corrected chi connectivity index (χ1v) is 11.7. The predicted octanol–water partition coefficient (Wildman–Crippen LogP) is 4.32. The summed E-state index contributed by atoms with van der Waals surface area (Å²) in [4.78, 5) is 29.2. The molecule has 0 fully saturated rings. The van der Waals surface area contributed by atoms with Crippen molar-refractivity contribution in [3.63, 3.8) is 0 Å². The van der Waals surface area contributed by atoms with Gasteiger partial charge in [0.2, 0.25) is 11.8 Å². The lowest BCUT2D eigenvalue weighted by atomic mass is 10.1. The van der Waals surface area contributed by atoms with E-state index in [0.717, 1.165) is 0 Å². The first-order valence-electron chi connectivity index (χ1n) is 10.8. The van der Waals surface area contributed by atoms with Gasteiger partial charge in [0.25, 0.3) is 0 Å². The van der Waals surface area contributed by atoms with E-state index in [-0.39, 0.29) is 18.8 Å². The van der Waals surface area contributed by atoms with E-state index in [1.807, 2.05) is 23.6 Å². The van der Waals surface area contributed by atoms with Crippen molar-refractivity contribution in [2.75, 3.05) is 4.90 Å². The minimum Gasteiger partial charge on any atom is -0.467 e. The van der Waals surface area contributed by atoms with Gasteiger partial charge in [-0.3, -0.25) is 14.5 Å². The molecule has 0 aliphatic heterocycles. The smallest absolute Gasteiger partial charge is 0.249 e. The van der Waals surface area contributed by atoms with Crippen molar-refractivity contribution >= 4 is 39.9 Å². The minimum absolute atomic E-state index is 0.145. The van der Waals surface area contributed by atoms with Gasteiger partial charge in [-0.25, -0.2) is 9.07 Å². The fourth-order valence-electron chi connectivity index (χ4n) is 3.81. The second-order valence-corrected chi connectivity index (χ2v) is 8.67. The second kappa shape index (κ2) is 9.90. The number of benzene rings is 2. The molecule has 8 nitrogen and oxygen atoms in total. The summed E-state index contributed by atoms with van der Waals surface area (Å²) in [6.45, 7) is -0.0447. The first kappa shape index (κ1) is 22.5. The number of thiophene rings is 1. The number of para-hydroxylation sites is 1. The lowest BCUT2D eigenvalue weighted by Crippen LogP contribution is -2.45. The molecule has 10 heteroatoms. The van der Waals surface area contributed by atoms with Gasteiger partial charge in [-0.2, -0.15) is 0 Å². The van der Waals surface area contributed by atoms with E-state index >= 15 is 0 Å². The standard InChI is InChI=1S/C25H20FN5O3S/c26-17-6-3-7-18(14-17)31(23(32)16-30-21-10-2-1-9-20(21)28-29-30)24(22-11-5-13-35-22)25(33)27-15-19-8-4-12-34-19/h1-14,24H,15-16H2,(H,27,33)/t24-/m0/s1. The van der Waals surface area contributed by atoms with E-state index in [1.165, 1.54) is 45.4 Å². The van der Waals surface area contributed by atoms with E-state index < -0.39 is 23.7 Å². The zero-order valence-electron chi connectivity index (χ0n) is 18.4. The number of carbonyl (C=O) groups is 2. The Morgan fingerprint density at radius 1 is 1.09 bits per heavy atom. The van der Waals surface area contributed by atoms with Gasteiger partial charge in [0.05, 0.1) is 18.3 Å². The molecule has 1 atom stereocenters. The van der Waals surface area contributed by atoms with Crippen LogP contribution in [0, 0.1) is 5.82 Å². The van der Waals surface area contributed by atoms with Crippen molar-refractivity contribution in [2.45, 2.75) is 19.1 Å². The van der Waals surface area contributed by atoms with Crippen molar-refractivity contribution in [3.8, 4) is 0 Å². The van der Waals surface area contributed by atoms with Crippen LogP contribution in [0.25, 0.3) is 11.0 Å². The first-order chi connectivity index (χ1) is 17.1. The number of aromatic nitrogens is 3. The van der Waals surface area contributed by atoms with Gasteiger partial charge in [0.15, 0.2) is 0 Å². The minimum atomic E-state index is -1.03. The van der Waals surface area contributed by atoms with Crippen LogP contribution in [0.3, 0.4) is 0 Å². The maximum atomic E-state index is 14.2. The highest BCUT2D eigenvalue weighted by molar-refractivity contribution is 7.10. The monoisotopic (exact) mass is 489 g/mol. The van der Waals surface area contributed by atoms with Crippen molar-refractivity contribution in [1.82, 2.24) is 20.3 Å². The van der Waals surface area contributed by atoms with E-state index in [9.17, 15) is 14.0 Å². The number of carbonyl (C=O) groups excluding carboxylic acids is 2. The third kappa shape index (κ3) is 4.82. The van der Waals surface area contributed by atoms with Crippen LogP contribution in [0.5, 0.6) is 0 Å². The molecule has 176 valence electrons. The molecule has 0 aliphatic rings. The van der Waals surface area contributed by atoms with Crippen LogP contribution in [0.1, 0.15) is 16.7 Å². The maximum absolute atomic E-state index is 14.2. The summed E-state index contributed by atoms with van der Waals surface area (Å²) >= 11 is 1.33. The quantitative estimate of drug-likeness (QED) is 0.351. The molecule has 2 aromatic carbocycles. The molecule has 3 aromatic heterocycles. The summed E-state index contributed by atoms with van der Waals surface area (Å²) < 4.78 is 21.0. The molecule has 2 amide bonds. The average Bonchev–Trinajstić information content (AvgIpc) is 3.64. The molecular weight excluding hydrogens is 469 g/mol. The molecule has 0 unspecified atom stereocenters. The van der Waals surface area contributed by atoms with Gasteiger partial charge in [0.1, 0.15) is 29.7 Å². The van der Waals surface area contributed by atoms with E-state index in [0.29, 0.717) is 21.7 Å². The molecular formula is C25H20FN5O3S. The molecule has 5 aromatic rings. The van der Waals surface area contributed by atoms with Crippen LogP contribution in [0.4, 0.5) is 10.1 Å². The van der Waals surface area contributed by atoms with Crippen molar-refractivity contribution < 1.29 is 18.4 Å². The number of nitrogens with one attached hydrogen (secondary N) is 1. The summed E-state index contributed by atoms with van der Waals surface area (Å²) in [6, 6.07) is 18.9. The Labute approximate surface area is 203 Å². The Morgan fingerprint density at radius 3 is 2.74 bits per heavy atom. The number of furan rings is 1. The molecule has 0 aliphatic carbocycles. The third-order valence-electron chi connectivity index (χ3n) is 5.40. The largest absolute Gasteiger partial charge is 0.467 e. The fraction of sp³-hybridized carbons (Fsp3) is 0.120. The topological polar surface area (TPSA) is 93.3 Å². The lowest BCUT2D eigenvalue weighted by molar-refractivity contribution is -0.127. The molecule has 1 N–H and O–H groups in total. The van der Waals surface area contributed by atoms with Gasteiger partial charge in [-0.1, -0.05) is 29.5 Å². The number of hydrogen-bond acceptors (Lipinski definition) is 6. The number of rotatable bonds is 8. The average molecular weight is 490 g/mol. The Bertz CT molecular complexity index is 1450. The van der Waals surface area contributed by atoms with Crippen molar-refractivity contribution in [3.05, 3.63) is 101 Å².